The van der Waals surface area contributed by atoms with Crippen LogP contribution in [0.15, 0.2) is 84.2 Å². The number of thiophene rings is 1. The Morgan fingerprint density at radius 1 is 0.848 bits per heavy atom. The molecular weight excluding hydrogens is 432 g/mol. The minimum atomic E-state index is -0.00311. The van der Waals surface area contributed by atoms with Gasteiger partial charge in [-0.15, -0.1) is 21.5 Å². The van der Waals surface area contributed by atoms with Crippen molar-refractivity contribution in [2.24, 2.45) is 0 Å². The van der Waals surface area contributed by atoms with Gasteiger partial charge in [0.25, 0.3) is 5.91 Å². The number of nitrogens with zero attached hydrogens (tertiary/aromatic N) is 4. The van der Waals surface area contributed by atoms with E-state index in [-0.39, 0.29) is 12.5 Å². The van der Waals surface area contributed by atoms with E-state index in [4.69, 9.17) is 4.74 Å². The lowest BCUT2D eigenvalue weighted by atomic mass is 10.1. The van der Waals surface area contributed by atoms with Crippen molar-refractivity contribution in [2.75, 3.05) is 37.7 Å². The summed E-state index contributed by atoms with van der Waals surface area (Å²) in [6.07, 6.45) is 0. The molecule has 0 saturated carbocycles. The van der Waals surface area contributed by atoms with Gasteiger partial charge in [-0.05, 0) is 35.2 Å². The Morgan fingerprint density at radius 3 is 2.36 bits per heavy atom. The van der Waals surface area contributed by atoms with Gasteiger partial charge in [0.1, 0.15) is 11.4 Å². The largest absolute Gasteiger partial charge is 0.483 e. The Hall–Kier alpha value is -3.71. The van der Waals surface area contributed by atoms with Crippen molar-refractivity contribution in [2.45, 2.75) is 0 Å². The van der Waals surface area contributed by atoms with E-state index in [0.29, 0.717) is 13.1 Å². The standard InChI is InChI=1S/C26H24N4O2S/c31-26(19-32-23-10-5-4-9-21(23)20-7-2-1-3-8-20)30-16-14-29(15-17-30)25-13-12-22(27-28-25)24-11-6-18-33-24/h1-13,18H,14-17,19H2. The number of benzene rings is 2. The number of piperazine rings is 1. The molecule has 1 amide bonds. The van der Waals surface area contributed by atoms with Crippen molar-refractivity contribution in [3.05, 3.63) is 84.2 Å². The quantitative estimate of drug-likeness (QED) is 0.424. The van der Waals surface area contributed by atoms with Crippen molar-refractivity contribution in [3.63, 3.8) is 0 Å². The molecule has 4 aromatic rings. The van der Waals surface area contributed by atoms with E-state index in [1.165, 1.54) is 0 Å². The summed E-state index contributed by atoms with van der Waals surface area (Å²) in [6, 6.07) is 25.9. The van der Waals surface area contributed by atoms with E-state index in [1.54, 1.807) is 11.3 Å². The fraction of sp³-hybridized carbons (Fsp3) is 0.192. The van der Waals surface area contributed by atoms with Crippen molar-refractivity contribution < 1.29 is 9.53 Å². The van der Waals surface area contributed by atoms with Crippen LogP contribution in [0.4, 0.5) is 5.82 Å². The van der Waals surface area contributed by atoms with Crippen LogP contribution in [0.3, 0.4) is 0 Å². The Morgan fingerprint density at radius 2 is 1.64 bits per heavy atom. The maximum atomic E-state index is 12.8. The van der Waals surface area contributed by atoms with Crippen LogP contribution in [0.1, 0.15) is 0 Å². The first-order chi connectivity index (χ1) is 16.3. The Bertz CT molecular complexity index is 1190. The van der Waals surface area contributed by atoms with E-state index in [1.807, 2.05) is 89.1 Å². The van der Waals surface area contributed by atoms with Gasteiger partial charge in [0.2, 0.25) is 0 Å². The molecule has 0 radical (unpaired) electrons. The second-order valence-corrected chi connectivity index (χ2v) is 8.72. The average Bonchev–Trinajstić information content (AvgIpc) is 3.43. The summed E-state index contributed by atoms with van der Waals surface area (Å²) in [4.78, 5) is 17.9. The van der Waals surface area contributed by atoms with Crippen LogP contribution in [0.5, 0.6) is 5.75 Å². The average molecular weight is 457 g/mol. The number of ether oxygens (including phenoxy) is 1. The van der Waals surface area contributed by atoms with Gasteiger partial charge >= 0.3 is 0 Å². The number of hydrogen-bond donors (Lipinski definition) is 0. The first-order valence-electron chi connectivity index (χ1n) is 11.0. The van der Waals surface area contributed by atoms with Crippen molar-refractivity contribution in [1.29, 1.82) is 0 Å². The van der Waals surface area contributed by atoms with Crippen LogP contribution in [-0.4, -0.2) is 53.8 Å². The molecule has 166 valence electrons. The molecule has 33 heavy (non-hydrogen) atoms. The molecule has 1 aliphatic heterocycles. The van der Waals surface area contributed by atoms with Gasteiger partial charge in [-0.2, -0.15) is 0 Å². The minimum Gasteiger partial charge on any atom is -0.483 e. The topological polar surface area (TPSA) is 58.6 Å². The fourth-order valence-corrected chi connectivity index (χ4v) is 4.60. The Labute approximate surface area is 197 Å². The maximum Gasteiger partial charge on any atom is 0.260 e. The first kappa shape index (κ1) is 21.2. The maximum absolute atomic E-state index is 12.8. The molecule has 0 unspecified atom stereocenters. The lowest BCUT2D eigenvalue weighted by Gasteiger charge is -2.35. The van der Waals surface area contributed by atoms with Gasteiger partial charge in [0.05, 0.1) is 4.88 Å². The van der Waals surface area contributed by atoms with E-state index in [0.717, 1.165) is 46.4 Å². The van der Waals surface area contributed by atoms with Gasteiger partial charge < -0.3 is 14.5 Å². The van der Waals surface area contributed by atoms with Crippen molar-refractivity contribution in [1.82, 2.24) is 15.1 Å². The number of para-hydroxylation sites is 1. The minimum absolute atomic E-state index is 0.00311. The Kier molecular flexibility index (Phi) is 6.30. The van der Waals surface area contributed by atoms with Crippen LogP contribution >= 0.6 is 11.3 Å². The zero-order valence-electron chi connectivity index (χ0n) is 18.1. The monoisotopic (exact) mass is 456 g/mol. The normalized spacial score (nSPS) is 13.7. The zero-order chi connectivity index (χ0) is 22.5. The molecule has 6 nitrogen and oxygen atoms in total. The van der Waals surface area contributed by atoms with Crippen LogP contribution in [0.2, 0.25) is 0 Å². The number of carbonyl (C=O) groups excluding carboxylic acids is 1. The fourth-order valence-electron chi connectivity index (χ4n) is 3.91. The lowest BCUT2D eigenvalue weighted by Crippen LogP contribution is -2.50. The number of carbonyl (C=O) groups is 1. The SMILES string of the molecule is O=C(COc1ccccc1-c1ccccc1)N1CCN(c2ccc(-c3cccs3)nn2)CC1. The highest BCUT2D eigenvalue weighted by atomic mass is 32.1. The molecule has 1 aliphatic rings. The summed E-state index contributed by atoms with van der Waals surface area (Å²) < 4.78 is 5.94. The van der Waals surface area contributed by atoms with Crippen LogP contribution in [0.25, 0.3) is 21.7 Å². The van der Waals surface area contributed by atoms with Gasteiger partial charge in [0.15, 0.2) is 12.4 Å². The number of hydrogen-bond acceptors (Lipinski definition) is 6. The third-order valence-electron chi connectivity index (χ3n) is 5.70. The number of rotatable bonds is 6. The summed E-state index contributed by atoms with van der Waals surface area (Å²) in [7, 11) is 0. The highest BCUT2D eigenvalue weighted by Gasteiger charge is 2.23. The van der Waals surface area contributed by atoms with E-state index < -0.39 is 0 Å². The molecule has 2 aromatic heterocycles. The Balaban J connectivity index is 1.16. The predicted molar refractivity (Wildman–Crippen MR) is 132 cm³/mol. The summed E-state index contributed by atoms with van der Waals surface area (Å²) in [5.74, 6) is 1.56. The van der Waals surface area contributed by atoms with Gasteiger partial charge in [-0.3, -0.25) is 4.79 Å². The molecule has 0 atom stereocenters. The summed E-state index contributed by atoms with van der Waals surface area (Å²) in [5.41, 5.74) is 2.94. The summed E-state index contributed by atoms with van der Waals surface area (Å²) >= 11 is 1.65. The van der Waals surface area contributed by atoms with E-state index >= 15 is 0 Å². The summed E-state index contributed by atoms with van der Waals surface area (Å²) in [5, 5.41) is 10.8. The van der Waals surface area contributed by atoms with Crippen molar-refractivity contribution in [3.8, 4) is 27.4 Å². The molecular formula is C26H24N4O2S. The molecule has 1 fully saturated rings. The number of anilines is 1. The van der Waals surface area contributed by atoms with E-state index in [9.17, 15) is 4.79 Å². The summed E-state index contributed by atoms with van der Waals surface area (Å²) in [6.45, 7) is 2.74. The third kappa shape index (κ3) is 4.88. The number of amides is 1. The van der Waals surface area contributed by atoms with Crippen LogP contribution in [-0.2, 0) is 4.79 Å². The molecule has 0 spiro atoms. The molecule has 7 heteroatoms. The molecule has 5 rings (SSSR count). The highest BCUT2D eigenvalue weighted by molar-refractivity contribution is 7.13. The van der Waals surface area contributed by atoms with Gasteiger partial charge in [-0.1, -0.05) is 54.6 Å². The molecule has 0 aliphatic carbocycles. The third-order valence-corrected chi connectivity index (χ3v) is 6.60. The van der Waals surface area contributed by atoms with Gasteiger partial charge in [0, 0.05) is 31.7 Å². The molecule has 0 bridgehead atoms. The van der Waals surface area contributed by atoms with Crippen LogP contribution in [0, 0.1) is 0 Å². The molecule has 0 N–H and O–H groups in total. The number of aromatic nitrogens is 2. The van der Waals surface area contributed by atoms with Crippen molar-refractivity contribution >= 4 is 23.1 Å². The second-order valence-electron chi connectivity index (χ2n) is 7.77. The van der Waals surface area contributed by atoms with Crippen LogP contribution < -0.4 is 9.64 Å². The zero-order valence-corrected chi connectivity index (χ0v) is 18.9. The van der Waals surface area contributed by atoms with E-state index in [2.05, 4.69) is 15.1 Å². The predicted octanol–water partition coefficient (Wildman–Crippen LogP) is 4.60. The lowest BCUT2D eigenvalue weighted by molar-refractivity contribution is -0.133. The molecule has 1 saturated heterocycles. The first-order valence-corrected chi connectivity index (χ1v) is 11.8. The van der Waals surface area contributed by atoms with Gasteiger partial charge in [-0.25, -0.2) is 0 Å². The smallest absolute Gasteiger partial charge is 0.260 e. The highest BCUT2D eigenvalue weighted by Crippen LogP contribution is 2.29. The molecule has 3 heterocycles. The second kappa shape index (κ2) is 9.83. The molecule has 2 aromatic carbocycles.